The average Bonchev–Trinajstić information content (AvgIpc) is 2.59. The van der Waals surface area contributed by atoms with Gasteiger partial charge in [0.1, 0.15) is 12.2 Å². The first kappa shape index (κ1) is 28.9. The van der Waals surface area contributed by atoms with E-state index in [0.29, 0.717) is 12.8 Å². The average molecular weight is 526 g/mol. The Morgan fingerprint density at radius 3 is 1.27 bits per heavy atom. The van der Waals surface area contributed by atoms with Gasteiger partial charge in [-0.2, -0.15) is 0 Å². The molecule has 0 aromatic heterocycles. The van der Waals surface area contributed by atoms with Gasteiger partial charge in [0, 0.05) is 65.4 Å². The summed E-state index contributed by atoms with van der Waals surface area (Å²) in [5.74, 6) is 0. The SMILES string of the molecule is COC(=O)OC1CCCCC1O.COC(=O)OC1CCCCC1O.[Y].[Y]. The molecule has 2 rings (SSSR count). The summed E-state index contributed by atoms with van der Waals surface area (Å²) in [5.41, 5.74) is 0. The standard InChI is InChI=1S/2C8H14O4.2Y/c2*1-11-8(10)12-7-5-3-2-4-6(7)9;;/h2*6-7,9H,2-5H2,1H3;;. The van der Waals surface area contributed by atoms with Crippen LogP contribution in [0.5, 0.6) is 0 Å². The summed E-state index contributed by atoms with van der Waals surface area (Å²) in [6.07, 6.45) is 3.70. The molecule has 0 aromatic rings. The minimum absolute atomic E-state index is 0. The minimum Gasteiger partial charge on any atom is -0.438 e. The molecular formula is C16H28O8Y2. The number of aliphatic hydroxyl groups excluding tert-OH is 2. The van der Waals surface area contributed by atoms with Gasteiger partial charge in [-0.15, -0.1) is 0 Å². The fourth-order valence-corrected chi connectivity index (χ4v) is 2.77. The Hall–Kier alpha value is 0.668. The molecule has 0 bridgehead atoms. The van der Waals surface area contributed by atoms with Gasteiger partial charge < -0.3 is 29.2 Å². The van der Waals surface area contributed by atoms with Crippen LogP contribution in [-0.4, -0.2) is 61.2 Å². The number of carbonyl (C=O) groups excluding carboxylic acids is 2. The van der Waals surface area contributed by atoms with E-state index in [2.05, 4.69) is 9.47 Å². The zero-order valence-corrected chi connectivity index (χ0v) is 21.1. The Morgan fingerprint density at radius 1 is 0.692 bits per heavy atom. The van der Waals surface area contributed by atoms with Crippen molar-refractivity contribution in [2.75, 3.05) is 14.2 Å². The molecule has 146 valence electrons. The Morgan fingerprint density at radius 2 is 1.00 bits per heavy atom. The second-order valence-corrected chi connectivity index (χ2v) is 5.92. The fourth-order valence-electron chi connectivity index (χ4n) is 2.77. The minimum atomic E-state index is -0.707. The molecule has 2 fully saturated rings. The molecule has 2 saturated carbocycles. The maximum absolute atomic E-state index is 10.7. The van der Waals surface area contributed by atoms with E-state index >= 15 is 0 Å². The Bertz CT molecular complexity index is 360. The van der Waals surface area contributed by atoms with Crippen LogP contribution in [0, 0.1) is 0 Å². The van der Waals surface area contributed by atoms with Gasteiger partial charge >= 0.3 is 12.3 Å². The zero-order valence-electron chi connectivity index (χ0n) is 15.5. The normalized spacial score (nSPS) is 27.2. The van der Waals surface area contributed by atoms with E-state index in [0.717, 1.165) is 38.5 Å². The second-order valence-electron chi connectivity index (χ2n) is 5.92. The molecule has 8 nitrogen and oxygen atoms in total. The summed E-state index contributed by atoms with van der Waals surface area (Å²) >= 11 is 0. The van der Waals surface area contributed by atoms with Crippen LogP contribution in [0.2, 0.25) is 0 Å². The Kier molecular flexibility index (Phi) is 18.4. The maximum atomic E-state index is 10.7. The fraction of sp³-hybridized carbons (Fsp3) is 0.875. The first-order valence-electron chi connectivity index (χ1n) is 8.33. The molecule has 0 spiro atoms. The van der Waals surface area contributed by atoms with E-state index in [4.69, 9.17) is 9.47 Å². The largest absolute Gasteiger partial charge is 0.508 e. The van der Waals surface area contributed by atoms with Gasteiger partial charge in [0.25, 0.3) is 0 Å². The van der Waals surface area contributed by atoms with E-state index in [1.807, 2.05) is 0 Å². The summed E-state index contributed by atoms with van der Waals surface area (Å²) in [6, 6.07) is 0. The predicted molar refractivity (Wildman–Crippen MR) is 83.5 cm³/mol. The topological polar surface area (TPSA) is 112 Å². The van der Waals surface area contributed by atoms with Crippen LogP contribution in [0.3, 0.4) is 0 Å². The summed E-state index contributed by atoms with van der Waals surface area (Å²) < 4.78 is 18.3. The van der Waals surface area contributed by atoms with Crippen molar-refractivity contribution in [1.82, 2.24) is 0 Å². The number of rotatable bonds is 2. The Balaban J connectivity index is 0. The first-order chi connectivity index (χ1) is 11.5. The van der Waals surface area contributed by atoms with Crippen LogP contribution in [0.15, 0.2) is 0 Å². The van der Waals surface area contributed by atoms with E-state index in [1.165, 1.54) is 14.2 Å². The molecule has 0 aliphatic heterocycles. The monoisotopic (exact) mass is 526 g/mol. The third-order valence-electron chi connectivity index (χ3n) is 4.16. The molecule has 2 N–H and O–H groups in total. The van der Waals surface area contributed by atoms with E-state index in [1.54, 1.807) is 0 Å². The molecule has 4 unspecified atom stereocenters. The van der Waals surface area contributed by atoms with Crippen LogP contribution in [0.25, 0.3) is 0 Å². The molecule has 0 amide bonds. The molecular weight excluding hydrogens is 498 g/mol. The van der Waals surface area contributed by atoms with Crippen molar-refractivity contribution in [2.24, 2.45) is 0 Å². The van der Waals surface area contributed by atoms with Gasteiger partial charge in [0.05, 0.1) is 26.4 Å². The van der Waals surface area contributed by atoms with Crippen molar-refractivity contribution < 1.29 is 104 Å². The van der Waals surface area contributed by atoms with E-state index < -0.39 is 24.5 Å². The first-order valence-corrected chi connectivity index (χ1v) is 8.33. The molecule has 4 atom stereocenters. The summed E-state index contributed by atoms with van der Waals surface area (Å²) in [5, 5.41) is 18.8. The summed E-state index contributed by atoms with van der Waals surface area (Å²) in [7, 11) is 2.52. The molecule has 0 heterocycles. The number of methoxy groups -OCH3 is 2. The van der Waals surface area contributed by atoms with E-state index in [9.17, 15) is 19.8 Å². The van der Waals surface area contributed by atoms with Gasteiger partial charge in [-0.05, 0) is 38.5 Å². The van der Waals surface area contributed by atoms with Crippen molar-refractivity contribution in [3.63, 3.8) is 0 Å². The van der Waals surface area contributed by atoms with Crippen molar-refractivity contribution in [2.45, 2.75) is 75.8 Å². The van der Waals surface area contributed by atoms with Crippen molar-refractivity contribution in [3.8, 4) is 0 Å². The van der Waals surface area contributed by atoms with Crippen LogP contribution in [-0.2, 0) is 84.4 Å². The second kappa shape index (κ2) is 16.6. The van der Waals surface area contributed by atoms with Crippen molar-refractivity contribution in [1.29, 1.82) is 0 Å². The number of ether oxygens (including phenoxy) is 4. The van der Waals surface area contributed by atoms with Crippen LogP contribution in [0.1, 0.15) is 51.4 Å². The smallest absolute Gasteiger partial charge is 0.438 e. The van der Waals surface area contributed by atoms with Crippen LogP contribution >= 0.6 is 0 Å². The van der Waals surface area contributed by atoms with Gasteiger partial charge in [-0.3, -0.25) is 0 Å². The number of aliphatic hydroxyl groups is 2. The maximum Gasteiger partial charge on any atom is 0.508 e. The third-order valence-corrected chi connectivity index (χ3v) is 4.16. The van der Waals surface area contributed by atoms with Crippen LogP contribution < -0.4 is 0 Å². The van der Waals surface area contributed by atoms with E-state index in [-0.39, 0.29) is 77.6 Å². The van der Waals surface area contributed by atoms with Crippen LogP contribution in [0.4, 0.5) is 9.59 Å². The molecule has 26 heavy (non-hydrogen) atoms. The number of hydrogen-bond donors (Lipinski definition) is 2. The van der Waals surface area contributed by atoms with Gasteiger partial charge in [0.2, 0.25) is 0 Å². The quantitative estimate of drug-likeness (QED) is 0.527. The van der Waals surface area contributed by atoms with Crippen molar-refractivity contribution in [3.05, 3.63) is 0 Å². The summed E-state index contributed by atoms with van der Waals surface area (Å²) in [6.45, 7) is 0. The summed E-state index contributed by atoms with van der Waals surface area (Å²) in [4.78, 5) is 21.3. The van der Waals surface area contributed by atoms with Crippen molar-refractivity contribution >= 4 is 12.3 Å². The molecule has 0 aromatic carbocycles. The number of carbonyl (C=O) groups is 2. The molecule has 0 saturated heterocycles. The molecule has 2 radical (unpaired) electrons. The Labute approximate surface area is 204 Å². The zero-order chi connectivity index (χ0) is 17.9. The molecule has 10 heteroatoms. The molecule has 2 aliphatic rings. The third kappa shape index (κ3) is 11.5. The number of hydrogen-bond acceptors (Lipinski definition) is 8. The predicted octanol–water partition coefficient (Wildman–Crippen LogP) is 2.14. The van der Waals surface area contributed by atoms with Gasteiger partial charge in [-0.25, -0.2) is 9.59 Å². The van der Waals surface area contributed by atoms with Gasteiger partial charge in [-0.1, -0.05) is 12.8 Å². The molecule has 2 aliphatic carbocycles. The van der Waals surface area contributed by atoms with Gasteiger partial charge in [0.15, 0.2) is 0 Å².